The molecule has 0 heterocycles. The fourth-order valence-corrected chi connectivity index (χ4v) is 1.46. The molecule has 0 unspecified atom stereocenters. The second kappa shape index (κ2) is 5.18. The smallest absolute Gasteiger partial charge is 0.345 e. The van der Waals surface area contributed by atoms with Crippen LogP contribution < -0.4 is 5.32 Å². The minimum absolute atomic E-state index is 0.291. The molecule has 17 heavy (non-hydrogen) atoms. The van der Waals surface area contributed by atoms with Crippen LogP contribution in [0.1, 0.15) is 40.0 Å². The number of carbonyl (C=O) groups excluding carboxylic acids is 1. The van der Waals surface area contributed by atoms with Crippen molar-refractivity contribution in [3.8, 4) is 0 Å². The van der Waals surface area contributed by atoms with Crippen LogP contribution in [0.4, 0.5) is 22.0 Å². The van der Waals surface area contributed by atoms with Gasteiger partial charge >= 0.3 is 18.0 Å². The van der Waals surface area contributed by atoms with Crippen molar-refractivity contribution >= 4 is 5.91 Å². The number of alkyl halides is 5. The third-order valence-corrected chi connectivity index (χ3v) is 3.05. The summed E-state index contributed by atoms with van der Waals surface area (Å²) < 4.78 is 61.3. The molecule has 0 bridgehead atoms. The maximum absolute atomic E-state index is 12.7. The molecule has 0 spiro atoms. The van der Waals surface area contributed by atoms with Crippen molar-refractivity contribution in [3.63, 3.8) is 0 Å². The van der Waals surface area contributed by atoms with Crippen molar-refractivity contribution < 1.29 is 26.7 Å². The second-order valence-electron chi connectivity index (χ2n) is 3.87. The van der Waals surface area contributed by atoms with Crippen molar-refractivity contribution in [1.82, 2.24) is 5.32 Å². The van der Waals surface area contributed by atoms with E-state index in [-0.39, 0.29) is 0 Å². The quantitative estimate of drug-likeness (QED) is 0.756. The van der Waals surface area contributed by atoms with Crippen LogP contribution in [-0.2, 0) is 4.79 Å². The first-order chi connectivity index (χ1) is 7.56. The lowest BCUT2D eigenvalue weighted by Crippen LogP contribution is -2.57. The van der Waals surface area contributed by atoms with Gasteiger partial charge in [0.2, 0.25) is 0 Å². The molecule has 0 aromatic carbocycles. The van der Waals surface area contributed by atoms with Crippen LogP contribution in [-0.4, -0.2) is 23.5 Å². The normalized spacial score (nSPS) is 13.6. The third kappa shape index (κ3) is 3.29. The zero-order valence-electron chi connectivity index (χ0n) is 9.92. The molecule has 1 amide bonds. The molecule has 0 aliphatic carbocycles. The summed E-state index contributed by atoms with van der Waals surface area (Å²) in [5.41, 5.74) is -1.01. The van der Waals surface area contributed by atoms with Crippen LogP contribution in [0.2, 0.25) is 0 Å². The minimum Gasteiger partial charge on any atom is -0.345 e. The van der Waals surface area contributed by atoms with Gasteiger partial charge in [0.1, 0.15) is 0 Å². The largest absolute Gasteiger partial charge is 0.463 e. The summed E-state index contributed by atoms with van der Waals surface area (Å²) in [4.78, 5) is 11.0. The van der Waals surface area contributed by atoms with E-state index in [0.29, 0.717) is 19.3 Å². The first-order valence-electron chi connectivity index (χ1n) is 5.33. The molecule has 0 aliphatic rings. The van der Waals surface area contributed by atoms with Crippen molar-refractivity contribution in [2.75, 3.05) is 0 Å². The van der Waals surface area contributed by atoms with E-state index in [2.05, 4.69) is 0 Å². The summed E-state index contributed by atoms with van der Waals surface area (Å²) in [6, 6.07) is 0. The van der Waals surface area contributed by atoms with E-state index in [1.54, 1.807) is 20.8 Å². The van der Waals surface area contributed by atoms with Gasteiger partial charge in [0, 0.05) is 5.54 Å². The van der Waals surface area contributed by atoms with E-state index >= 15 is 0 Å². The Morgan fingerprint density at radius 3 is 1.53 bits per heavy atom. The molecule has 0 rings (SSSR count). The standard InChI is InChI=1S/C10H16F5NO/c1-4-8(5-2,6-3)16-7(17)9(11,12)10(13,14)15/h4-6H2,1-3H3,(H,16,17). The zero-order valence-corrected chi connectivity index (χ0v) is 9.92. The van der Waals surface area contributed by atoms with Gasteiger partial charge in [-0.3, -0.25) is 4.79 Å². The molecule has 2 nitrogen and oxygen atoms in total. The summed E-state index contributed by atoms with van der Waals surface area (Å²) in [6.07, 6.45) is -4.99. The number of hydrogen-bond donors (Lipinski definition) is 1. The topological polar surface area (TPSA) is 29.1 Å². The molecule has 0 fully saturated rings. The van der Waals surface area contributed by atoms with Crippen LogP contribution in [0.15, 0.2) is 0 Å². The lowest BCUT2D eigenvalue weighted by Gasteiger charge is -2.33. The molecule has 0 atom stereocenters. The van der Waals surface area contributed by atoms with Crippen LogP contribution >= 0.6 is 0 Å². The molecule has 0 saturated carbocycles. The summed E-state index contributed by atoms with van der Waals surface area (Å²) in [7, 11) is 0. The van der Waals surface area contributed by atoms with Crippen molar-refractivity contribution in [2.45, 2.75) is 57.7 Å². The fraction of sp³-hybridized carbons (Fsp3) is 0.900. The van der Waals surface area contributed by atoms with Gasteiger partial charge in [0.05, 0.1) is 0 Å². The van der Waals surface area contributed by atoms with Gasteiger partial charge in [-0.15, -0.1) is 0 Å². The van der Waals surface area contributed by atoms with E-state index in [4.69, 9.17) is 0 Å². The maximum Gasteiger partial charge on any atom is 0.463 e. The second-order valence-corrected chi connectivity index (χ2v) is 3.87. The van der Waals surface area contributed by atoms with Gasteiger partial charge < -0.3 is 5.32 Å². The molecular weight excluding hydrogens is 245 g/mol. The number of carbonyl (C=O) groups is 1. The summed E-state index contributed by atoms with van der Waals surface area (Å²) in [5, 5.41) is 1.82. The highest BCUT2D eigenvalue weighted by Gasteiger charge is 2.64. The first-order valence-corrected chi connectivity index (χ1v) is 5.33. The summed E-state index contributed by atoms with van der Waals surface area (Å²) in [6.45, 7) is 4.87. The Bertz CT molecular complexity index is 262. The van der Waals surface area contributed by atoms with Crippen molar-refractivity contribution in [3.05, 3.63) is 0 Å². The Morgan fingerprint density at radius 2 is 1.29 bits per heavy atom. The van der Waals surface area contributed by atoms with E-state index in [1.807, 2.05) is 5.32 Å². The lowest BCUT2D eigenvalue weighted by atomic mass is 9.89. The number of hydrogen-bond acceptors (Lipinski definition) is 1. The summed E-state index contributed by atoms with van der Waals surface area (Å²) >= 11 is 0. The molecule has 0 aliphatic heterocycles. The number of halogens is 5. The van der Waals surface area contributed by atoms with Crippen LogP contribution in [0.5, 0.6) is 0 Å². The molecule has 7 heteroatoms. The molecule has 1 N–H and O–H groups in total. The van der Waals surface area contributed by atoms with Crippen LogP contribution in [0, 0.1) is 0 Å². The van der Waals surface area contributed by atoms with Crippen LogP contribution in [0.25, 0.3) is 0 Å². The lowest BCUT2D eigenvalue weighted by molar-refractivity contribution is -0.270. The highest BCUT2D eigenvalue weighted by molar-refractivity contribution is 5.85. The molecule has 0 aromatic heterocycles. The molecule has 0 saturated heterocycles. The van der Waals surface area contributed by atoms with E-state index in [9.17, 15) is 26.7 Å². The Kier molecular flexibility index (Phi) is 4.91. The van der Waals surface area contributed by atoms with E-state index in [0.717, 1.165) is 0 Å². The van der Waals surface area contributed by atoms with Crippen molar-refractivity contribution in [1.29, 1.82) is 0 Å². The van der Waals surface area contributed by atoms with Gasteiger partial charge in [-0.25, -0.2) is 0 Å². The molecule has 102 valence electrons. The van der Waals surface area contributed by atoms with Gasteiger partial charge in [-0.2, -0.15) is 22.0 Å². The Balaban J connectivity index is 4.97. The Morgan fingerprint density at radius 1 is 0.941 bits per heavy atom. The molecular formula is C10H16F5NO. The van der Waals surface area contributed by atoms with Crippen LogP contribution in [0.3, 0.4) is 0 Å². The average molecular weight is 261 g/mol. The van der Waals surface area contributed by atoms with Gasteiger partial charge in [0.25, 0.3) is 0 Å². The van der Waals surface area contributed by atoms with Gasteiger partial charge in [0.15, 0.2) is 0 Å². The molecule has 0 radical (unpaired) electrons. The number of rotatable bonds is 5. The van der Waals surface area contributed by atoms with Crippen molar-refractivity contribution in [2.24, 2.45) is 0 Å². The predicted molar refractivity (Wildman–Crippen MR) is 52.7 cm³/mol. The third-order valence-electron chi connectivity index (χ3n) is 3.05. The van der Waals surface area contributed by atoms with Gasteiger partial charge in [-0.05, 0) is 19.3 Å². The number of amides is 1. The van der Waals surface area contributed by atoms with E-state index in [1.165, 1.54) is 0 Å². The SMILES string of the molecule is CCC(CC)(CC)NC(=O)C(F)(F)C(F)(F)F. The molecule has 0 aromatic rings. The first kappa shape index (κ1) is 16.1. The highest BCUT2D eigenvalue weighted by Crippen LogP contribution is 2.36. The monoisotopic (exact) mass is 261 g/mol. The van der Waals surface area contributed by atoms with Gasteiger partial charge in [-0.1, -0.05) is 20.8 Å². The Hall–Kier alpha value is -0.880. The zero-order chi connectivity index (χ0) is 13.9. The number of nitrogens with one attached hydrogen (secondary N) is 1. The fourth-order valence-electron chi connectivity index (χ4n) is 1.46. The highest BCUT2D eigenvalue weighted by atomic mass is 19.4. The minimum atomic E-state index is -5.86. The average Bonchev–Trinajstić information content (AvgIpc) is 2.24. The summed E-state index contributed by atoms with van der Waals surface area (Å²) in [5.74, 6) is -7.63. The maximum atomic E-state index is 12.7. The Labute approximate surface area is 96.6 Å². The van der Waals surface area contributed by atoms with E-state index < -0.39 is 23.5 Å². The predicted octanol–water partition coefficient (Wildman–Crippen LogP) is 3.27.